The highest BCUT2D eigenvalue weighted by Gasteiger charge is 2.40. The minimum Gasteiger partial charge on any atom is -0.543 e. The Morgan fingerprint density at radius 2 is 1.05 bits per heavy atom. The molecule has 0 aromatic heterocycles. The van der Waals surface area contributed by atoms with Crippen molar-refractivity contribution in [1.82, 2.24) is 0 Å². The summed E-state index contributed by atoms with van der Waals surface area (Å²) in [5.41, 5.74) is 1.99. The molecule has 0 radical (unpaired) electrons. The number of benzene rings is 2. The molecule has 0 N–H and O–H groups in total. The highest BCUT2D eigenvalue weighted by atomic mass is 28.4. The normalized spacial score (nSPS) is 13.1. The summed E-state index contributed by atoms with van der Waals surface area (Å²) in [6, 6.07) is 12.3. The SMILES string of the molecule is CCCOc1ccc(OCCC)c(/C=C/c2cc(O[Si](C)(C)C(C)(C)C)ccc2O[Si](C)(C)C(C)(C)C)c1. The van der Waals surface area contributed by atoms with Crippen molar-refractivity contribution in [2.45, 2.75) is 104 Å². The number of rotatable bonds is 12. The average Bonchev–Trinajstić information content (AvgIpc) is 2.80. The van der Waals surface area contributed by atoms with Crippen LogP contribution in [0.1, 0.15) is 79.4 Å². The quantitative estimate of drug-likeness (QED) is 0.192. The molecule has 0 spiro atoms. The molecule has 0 amide bonds. The molecule has 0 heterocycles. The van der Waals surface area contributed by atoms with Gasteiger partial charge in [0.25, 0.3) is 8.32 Å². The molecular weight excluding hydrogens is 505 g/mol. The lowest BCUT2D eigenvalue weighted by Crippen LogP contribution is -2.44. The first-order valence-corrected chi connectivity index (χ1v) is 19.9. The standard InChI is InChI=1S/C32H52O4Si2/c1-13-21-33-27-17-19-29(34-22-14-2)25(23-27)15-16-26-24-28(35-37(9,10)31(3,4)5)18-20-30(26)36-38(11,12)32(6,7)8/h15-20,23-24H,13-14,21-22H2,1-12H3/b16-15+. The van der Waals surface area contributed by atoms with Crippen LogP contribution in [0.25, 0.3) is 12.2 Å². The second-order valence-electron chi connectivity index (χ2n) is 13.2. The fraction of sp³-hybridized carbons (Fsp3) is 0.562. The van der Waals surface area contributed by atoms with E-state index in [2.05, 4.69) is 118 Å². The molecule has 2 aromatic rings. The lowest BCUT2D eigenvalue weighted by atomic mass is 10.1. The number of hydrogen-bond donors (Lipinski definition) is 0. The third-order valence-electron chi connectivity index (χ3n) is 7.69. The molecule has 212 valence electrons. The van der Waals surface area contributed by atoms with Crippen molar-refractivity contribution in [2.75, 3.05) is 13.2 Å². The largest absolute Gasteiger partial charge is 0.543 e. The molecule has 2 aromatic carbocycles. The topological polar surface area (TPSA) is 36.9 Å². The van der Waals surface area contributed by atoms with Crippen molar-refractivity contribution in [3.63, 3.8) is 0 Å². The van der Waals surface area contributed by atoms with E-state index >= 15 is 0 Å². The van der Waals surface area contributed by atoms with Gasteiger partial charge in [-0.15, -0.1) is 0 Å². The van der Waals surface area contributed by atoms with Crippen LogP contribution in [0.3, 0.4) is 0 Å². The smallest absolute Gasteiger partial charge is 0.250 e. The maximum atomic E-state index is 6.80. The summed E-state index contributed by atoms with van der Waals surface area (Å²) in [4.78, 5) is 0. The van der Waals surface area contributed by atoms with Crippen LogP contribution < -0.4 is 18.3 Å². The van der Waals surface area contributed by atoms with Gasteiger partial charge in [-0.3, -0.25) is 0 Å². The highest BCUT2D eigenvalue weighted by Crippen LogP contribution is 2.41. The summed E-state index contributed by atoms with van der Waals surface area (Å²) < 4.78 is 25.4. The molecule has 0 atom stereocenters. The van der Waals surface area contributed by atoms with Gasteiger partial charge >= 0.3 is 0 Å². The molecule has 4 nitrogen and oxygen atoms in total. The van der Waals surface area contributed by atoms with Crippen LogP contribution in [0, 0.1) is 0 Å². The maximum Gasteiger partial charge on any atom is 0.250 e. The van der Waals surface area contributed by atoms with E-state index in [0.717, 1.165) is 47.0 Å². The van der Waals surface area contributed by atoms with Gasteiger partial charge in [-0.05, 0) is 85.5 Å². The highest BCUT2D eigenvalue weighted by molar-refractivity contribution is 6.75. The Kier molecular flexibility index (Phi) is 10.8. The lowest BCUT2D eigenvalue weighted by molar-refractivity contribution is 0.308. The molecular formula is C32H52O4Si2. The maximum absolute atomic E-state index is 6.80. The van der Waals surface area contributed by atoms with Gasteiger partial charge in [-0.1, -0.05) is 67.5 Å². The van der Waals surface area contributed by atoms with Crippen LogP contribution in [-0.2, 0) is 0 Å². The van der Waals surface area contributed by atoms with Crippen molar-refractivity contribution in [3.05, 3.63) is 47.5 Å². The fourth-order valence-corrected chi connectivity index (χ4v) is 5.24. The first-order valence-electron chi connectivity index (χ1n) is 14.1. The molecule has 0 saturated heterocycles. The van der Waals surface area contributed by atoms with Crippen molar-refractivity contribution < 1.29 is 18.3 Å². The first-order chi connectivity index (χ1) is 17.5. The minimum absolute atomic E-state index is 0.0937. The summed E-state index contributed by atoms with van der Waals surface area (Å²) in [5.74, 6) is 3.49. The molecule has 2 rings (SSSR count). The van der Waals surface area contributed by atoms with Crippen molar-refractivity contribution in [2.24, 2.45) is 0 Å². The van der Waals surface area contributed by atoms with E-state index in [1.54, 1.807) is 0 Å². The predicted molar refractivity (Wildman–Crippen MR) is 169 cm³/mol. The predicted octanol–water partition coefficient (Wildman–Crippen LogP) is 10.2. The Bertz CT molecular complexity index is 1080. The zero-order chi connectivity index (χ0) is 28.8. The van der Waals surface area contributed by atoms with E-state index in [-0.39, 0.29) is 10.1 Å². The van der Waals surface area contributed by atoms with Gasteiger partial charge in [-0.25, -0.2) is 0 Å². The molecule has 0 unspecified atom stereocenters. The zero-order valence-electron chi connectivity index (χ0n) is 26.1. The van der Waals surface area contributed by atoms with E-state index in [1.807, 2.05) is 12.1 Å². The van der Waals surface area contributed by atoms with Gasteiger partial charge < -0.3 is 18.3 Å². The molecule has 0 bridgehead atoms. The van der Waals surface area contributed by atoms with E-state index in [9.17, 15) is 0 Å². The van der Waals surface area contributed by atoms with E-state index < -0.39 is 16.6 Å². The van der Waals surface area contributed by atoms with Gasteiger partial charge in [0.15, 0.2) is 0 Å². The fourth-order valence-electron chi connectivity index (χ4n) is 3.18. The van der Waals surface area contributed by atoms with Gasteiger partial charge in [-0.2, -0.15) is 0 Å². The van der Waals surface area contributed by atoms with Crippen LogP contribution in [0.4, 0.5) is 0 Å². The third-order valence-corrected chi connectivity index (χ3v) is 16.4. The van der Waals surface area contributed by atoms with E-state index in [0.29, 0.717) is 13.2 Å². The molecule has 38 heavy (non-hydrogen) atoms. The molecule has 0 aliphatic rings. The van der Waals surface area contributed by atoms with Gasteiger partial charge in [0.05, 0.1) is 13.2 Å². The van der Waals surface area contributed by atoms with Crippen LogP contribution >= 0.6 is 0 Å². The van der Waals surface area contributed by atoms with Gasteiger partial charge in [0, 0.05) is 11.1 Å². The van der Waals surface area contributed by atoms with Crippen molar-refractivity contribution in [1.29, 1.82) is 0 Å². The van der Waals surface area contributed by atoms with Gasteiger partial charge in [0.2, 0.25) is 8.32 Å². The van der Waals surface area contributed by atoms with Crippen LogP contribution in [0.2, 0.25) is 36.3 Å². The average molecular weight is 557 g/mol. The van der Waals surface area contributed by atoms with Crippen LogP contribution in [0.5, 0.6) is 23.0 Å². The molecule has 0 fully saturated rings. The summed E-state index contributed by atoms with van der Waals surface area (Å²) in [7, 11) is -4.03. The summed E-state index contributed by atoms with van der Waals surface area (Å²) in [5, 5.41) is 0.208. The second kappa shape index (κ2) is 12.8. The van der Waals surface area contributed by atoms with Gasteiger partial charge in [0.1, 0.15) is 23.0 Å². The van der Waals surface area contributed by atoms with E-state index in [4.69, 9.17) is 18.3 Å². The Hall–Kier alpha value is -2.19. The minimum atomic E-state index is -2.04. The molecule has 0 saturated carbocycles. The first kappa shape index (κ1) is 32.0. The third kappa shape index (κ3) is 8.67. The Labute approximate surface area is 235 Å². The molecule has 0 aliphatic carbocycles. The number of hydrogen-bond acceptors (Lipinski definition) is 4. The Balaban J connectivity index is 2.57. The zero-order valence-corrected chi connectivity index (χ0v) is 28.1. The Morgan fingerprint density at radius 3 is 1.61 bits per heavy atom. The summed E-state index contributed by atoms with van der Waals surface area (Å²) in [6.07, 6.45) is 6.15. The Morgan fingerprint density at radius 1 is 0.605 bits per heavy atom. The van der Waals surface area contributed by atoms with Crippen LogP contribution in [0.15, 0.2) is 36.4 Å². The second-order valence-corrected chi connectivity index (χ2v) is 22.6. The van der Waals surface area contributed by atoms with Crippen molar-refractivity contribution >= 4 is 28.8 Å². The van der Waals surface area contributed by atoms with Crippen molar-refractivity contribution in [3.8, 4) is 23.0 Å². The molecule has 0 aliphatic heterocycles. The summed E-state index contributed by atoms with van der Waals surface area (Å²) >= 11 is 0. The van der Waals surface area contributed by atoms with E-state index in [1.165, 1.54) is 0 Å². The summed E-state index contributed by atoms with van der Waals surface area (Å²) in [6.45, 7) is 28.3. The van der Waals surface area contributed by atoms with Crippen LogP contribution in [-0.4, -0.2) is 29.8 Å². The number of ether oxygens (including phenoxy) is 2. The lowest BCUT2D eigenvalue weighted by Gasteiger charge is -2.38. The molecule has 6 heteroatoms. The monoisotopic (exact) mass is 556 g/mol.